The van der Waals surface area contributed by atoms with Gasteiger partial charge in [0.15, 0.2) is 0 Å². The normalized spacial score (nSPS) is 14.0. The van der Waals surface area contributed by atoms with E-state index in [9.17, 15) is 13.2 Å². The van der Waals surface area contributed by atoms with E-state index in [2.05, 4.69) is 0 Å². The highest BCUT2D eigenvalue weighted by Crippen LogP contribution is 2.33. The zero-order valence-electron chi connectivity index (χ0n) is 8.11. The Bertz CT molecular complexity index is 349. The number of hydrogen-bond donors (Lipinski definition) is 1. The molecule has 0 heterocycles. The van der Waals surface area contributed by atoms with Crippen LogP contribution in [0.1, 0.15) is 30.5 Å². The number of nitrogens with two attached hydrogens (primary N) is 1. The highest BCUT2D eigenvalue weighted by Gasteiger charge is 2.31. The molecule has 15 heavy (non-hydrogen) atoms. The molecule has 1 aromatic rings. The van der Waals surface area contributed by atoms with Crippen LogP contribution < -0.4 is 5.73 Å². The fourth-order valence-electron chi connectivity index (χ4n) is 1.23. The van der Waals surface area contributed by atoms with Crippen LogP contribution in [0, 0.1) is 0 Å². The van der Waals surface area contributed by atoms with E-state index in [1.165, 1.54) is 6.07 Å². The molecule has 0 saturated heterocycles. The maximum Gasteiger partial charge on any atom is 0.416 e. The quantitative estimate of drug-likeness (QED) is 0.833. The number of alkyl halides is 3. The lowest BCUT2D eigenvalue weighted by atomic mass is 10.0. The summed E-state index contributed by atoms with van der Waals surface area (Å²) in [7, 11) is 0. The molecule has 84 valence electrons. The first-order valence-corrected chi connectivity index (χ1v) is 4.85. The minimum Gasteiger partial charge on any atom is -0.324 e. The second kappa shape index (κ2) is 4.41. The number of halogens is 4. The predicted octanol–water partition coefficient (Wildman–Crippen LogP) is 3.77. The molecule has 2 N–H and O–H groups in total. The molecule has 0 aromatic heterocycles. The Morgan fingerprint density at radius 2 is 1.93 bits per heavy atom. The Morgan fingerprint density at radius 3 is 2.40 bits per heavy atom. The van der Waals surface area contributed by atoms with Crippen LogP contribution in [-0.4, -0.2) is 0 Å². The highest BCUT2D eigenvalue weighted by molar-refractivity contribution is 6.30. The van der Waals surface area contributed by atoms with Gasteiger partial charge < -0.3 is 5.73 Å². The molecule has 0 aliphatic rings. The third kappa shape index (κ3) is 3.11. The standard InChI is InChI=1S/C10H11ClF3N/c1-2-9(15)6-3-7(10(12,13)14)5-8(11)4-6/h3-5,9H,2,15H2,1H3. The van der Waals surface area contributed by atoms with Crippen molar-refractivity contribution >= 4 is 11.6 Å². The maximum atomic E-state index is 12.4. The van der Waals surface area contributed by atoms with Crippen LogP contribution in [0.3, 0.4) is 0 Å². The summed E-state index contributed by atoms with van der Waals surface area (Å²) in [5, 5.41) is 0.0590. The van der Waals surface area contributed by atoms with E-state index in [4.69, 9.17) is 17.3 Å². The van der Waals surface area contributed by atoms with Crippen LogP contribution in [0.15, 0.2) is 18.2 Å². The third-order valence-corrected chi connectivity index (χ3v) is 2.33. The van der Waals surface area contributed by atoms with E-state index >= 15 is 0 Å². The lowest BCUT2D eigenvalue weighted by molar-refractivity contribution is -0.137. The van der Waals surface area contributed by atoms with E-state index in [1.807, 2.05) is 0 Å². The van der Waals surface area contributed by atoms with Gasteiger partial charge in [0.05, 0.1) is 5.56 Å². The predicted molar refractivity (Wildman–Crippen MR) is 53.7 cm³/mol. The Balaban J connectivity index is 3.17. The SMILES string of the molecule is CCC(N)c1cc(Cl)cc(C(F)(F)F)c1. The first kappa shape index (κ1) is 12.3. The summed E-state index contributed by atoms with van der Waals surface area (Å²) in [5.41, 5.74) is 5.31. The third-order valence-electron chi connectivity index (χ3n) is 2.12. The smallest absolute Gasteiger partial charge is 0.324 e. The molecule has 0 amide bonds. The molecular weight excluding hydrogens is 227 g/mol. The van der Waals surface area contributed by atoms with Gasteiger partial charge in [0.25, 0.3) is 0 Å². The van der Waals surface area contributed by atoms with Crippen LogP contribution in [0.25, 0.3) is 0 Å². The average molecular weight is 238 g/mol. The monoisotopic (exact) mass is 237 g/mol. The van der Waals surface area contributed by atoms with Crippen LogP contribution >= 0.6 is 11.6 Å². The molecule has 0 fully saturated rings. The van der Waals surface area contributed by atoms with Crippen molar-refractivity contribution in [2.24, 2.45) is 5.73 Å². The molecular formula is C10H11ClF3N. The second-order valence-electron chi connectivity index (χ2n) is 3.29. The van der Waals surface area contributed by atoms with Gasteiger partial charge in [-0.2, -0.15) is 13.2 Å². The molecule has 0 bridgehead atoms. The van der Waals surface area contributed by atoms with Crippen LogP contribution in [-0.2, 0) is 6.18 Å². The molecule has 1 aromatic carbocycles. The average Bonchev–Trinajstić information content (AvgIpc) is 2.14. The van der Waals surface area contributed by atoms with Crippen LogP contribution in [0.5, 0.6) is 0 Å². The fourth-order valence-corrected chi connectivity index (χ4v) is 1.47. The molecule has 1 nitrogen and oxygen atoms in total. The second-order valence-corrected chi connectivity index (χ2v) is 3.72. The number of rotatable bonds is 2. The van der Waals surface area contributed by atoms with Gasteiger partial charge >= 0.3 is 6.18 Å². The Hall–Kier alpha value is -0.740. The van der Waals surface area contributed by atoms with Gasteiger partial charge in [-0.3, -0.25) is 0 Å². The number of benzene rings is 1. The highest BCUT2D eigenvalue weighted by atomic mass is 35.5. The molecule has 0 saturated carbocycles. The summed E-state index contributed by atoms with van der Waals surface area (Å²) in [5.74, 6) is 0. The first-order chi connectivity index (χ1) is 6.84. The summed E-state index contributed by atoms with van der Waals surface area (Å²) >= 11 is 5.60. The van der Waals surface area contributed by atoms with Gasteiger partial charge in [0, 0.05) is 11.1 Å². The van der Waals surface area contributed by atoms with Crippen molar-refractivity contribution < 1.29 is 13.2 Å². The minimum absolute atomic E-state index is 0.0590. The minimum atomic E-state index is -4.38. The van der Waals surface area contributed by atoms with E-state index in [0.29, 0.717) is 12.0 Å². The summed E-state index contributed by atoms with van der Waals surface area (Å²) in [6.45, 7) is 1.80. The van der Waals surface area contributed by atoms with Crippen molar-refractivity contribution in [2.45, 2.75) is 25.6 Å². The number of hydrogen-bond acceptors (Lipinski definition) is 1. The summed E-state index contributed by atoms with van der Waals surface area (Å²) in [6, 6.07) is 2.99. The zero-order chi connectivity index (χ0) is 11.6. The molecule has 0 aliphatic heterocycles. The lowest BCUT2D eigenvalue weighted by Crippen LogP contribution is -2.11. The summed E-state index contributed by atoms with van der Waals surface area (Å²) in [6.07, 6.45) is -3.81. The van der Waals surface area contributed by atoms with Gasteiger partial charge in [-0.15, -0.1) is 0 Å². The molecule has 0 spiro atoms. The molecule has 0 aliphatic carbocycles. The maximum absolute atomic E-state index is 12.4. The van der Waals surface area contributed by atoms with E-state index in [0.717, 1.165) is 12.1 Å². The molecule has 1 atom stereocenters. The molecule has 0 radical (unpaired) electrons. The van der Waals surface area contributed by atoms with Gasteiger partial charge in [-0.1, -0.05) is 18.5 Å². The largest absolute Gasteiger partial charge is 0.416 e. The van der Waals surface area contributed by atoms with Gasteiger partial charge in [0.1, 0.15) is 0 Å². The van der Waals surface area contributed by atoms with E-state index in [-0.39, 0.29) is 5.02 Å². The van der Waals surface area contributed by atoms with Gasteiger partial charge in [-0.25, -0.2) is 0 Å². The zero-order valence-corrected chi connectivity index (χ0v) is 8.86. The Labute approximate surface area is 91.0 Å². The van der Waals surface area contributed by atoms with Crippen molar-refractivity contribution in [1.82, 2.24) is 0 Å². The molecule has 1 unspecified atom stereocenters. The van der Waals surface area contributed by atoms with Crippen LogP contribution in [0.2, 0.25) is 5.02 Å². The molecule has 1 rings (SSSR count). The first-order valence-electron chi connectivity index (χ1n) is 4.48. The fraction of sp³-hybridized carbons (Fsp3) is 0.400. The van der Waals surface area contributed by atoms with Crippen LogP contribution in [0.4, 0.5) is 13.2 Å². The van der Waals surface area contributed by atoms with E-state index in [1.54, 1.807) is 6.92 Å². The summed E-state index contributed by atoms with van der Waals surface area (Å²) < 4.78 is 37.2. The lowest BCUT2D eigenvalue weighted by Gasteiger charge is -2.13. The molecule has 5 heteroatoms. The Morgan fingerprint density at radius 1 is 1.33 bits per heavy atom. The van der Waals surface area contributed by atoms with Gasteiger partial charge in [-0.05, 0) is 30.2 Å². The van der Waals surface area contributed by atoms with Crippen molar-refractivity contribution in [3.05, 3.63) is 34.3 Å². The van der Waals surface area contributed by atoms with Crippen molar-refractivity contribution in [1.29, 1.82) is 0 Å². The topological polar surface area (TPSA) is 26.0 Å². The van der Waals surface area contributed by atoms with E-state index < -0.39 is 17.8 Å². The van der Waals surface area contributed by atoms with Crippen molar-refractivity contribution in [2.75, 3.05) is 0 Å². The van der Waals surface area contributed by atoms with Crippen molar-refractivity contribution in [3.63, 3.8) is 0 Å². The summed E-state index contributed by atoms with van der Waals surface area (Å²) in [4.78, 5) is 0. The van der Waals surface area contributed by atoms with Gasteiger partial charge in [0.2, 0.25) is 0 Å². The Kier molecular flexibility index (Phi) is 3.62. The van der Waals surface area contributed by atoms with Crippen molar-refractivity contribution in [3.8, 4) is 0 Å².